The summed E-state index contributed by atoms with van der Waals surface area (Å²) in [5.41, 5.74) is 0.650. The molecule has 0 aliphatic carbocycles. The second kappa shape index (κ2) is 9.90. The Labute approximate surface area is 165 Å². The van der Waals surface area contributed by atoms with Gasteiger partial charge in [0.15, 0.2) is 12.3 Å². The molecule has 2 aromatic carbocycles. The summed E-state index contributed by atoms with van der Waals surface area (Å²) in [5.74, 6) is 1.12. The van der Waals surface area contributed by atoms with Crippen molar-refractivity contribution >= 4 is 17.6 Å². The van der Waals surface area contributed by atoms with Gasteiger partial charge in [0.25, 0.3) is 5.91 Å². The Morgan fingerprint density at radius 3 is 2.43 bits per heavy atom. The third kappa shape index (κ3) is 5.57. The third-order valence-electron chi connectivity index (χ3n) is 4.86. The predicted molar refractivity (Wildman–Crippen MR) is 107 cm³/mol. The lowest BCUT2D eigenvalue weighted by atomic mass is 9.97. The summed E-state index contributed by atoms with van der Waals surface area (Å²) in [5, 5.41) is 2.96. The molecule has 1 aliphatic heterocycles. The fourth-order valence-corrected chi connectivity index (χ4v) is 3.39. The number of rotatable bonds is 7. The molecule has 0 unspecified atom stereocenters. The first kappa shape index (κ1) is 19.9. The summed E-state index contributed by atoms with van der Waals surface area (Å²) in [4.78, 5) is 25.5. The molecule has 1 saturated heterocycles. The Hall–Kier alpha value is -2.86. The van der Waals surface area contributed by atoms with Gasteiger partial charge in [-0.15, -0.1) is 0 Å². The van der Waals surface area contributed by atoms with E-state index in [0.717, 1.165) is 31.7 Å². The van der Waals surface area contributed by atoms with Crippen molar-refractivity contribution in [2.45, 2.75) is 19.8 Å². The van der Waals surface area contributed by atoms with E-state index >= 15 is 0 Å². The molecule has 0 spiro atoms. The van der Waals surface area contributed by atoms with E-state index in [1.165, 1.54) is 4.90 Å². The van der Waals surface area contributed by atoms with Gasteiger partial charge in [-0.3, -0.25) is 9.59 Å². The number of quaternary nitrogens is 1. The number of piperidine rings is 1. The van der Waals surface area contributed by atoms with Crippen molar-refractivity contribution in [3.8, 4) is 11.5 Å². The van der Waals surface area contributed by atoms with Gasteiger partial charge in [0, 0.05) is 12.8 Å². The summed E-state index contributed by atoms with van der Waals surface area (Å²) < 4.78 is 11.0. The minimum absolute atomic E-state index is 0.0354. The van der Waals surface area contributed by atoms with Gasteiger partial charge in [0.1, 0.15) is 5.75 Å². The Kier molecular flexibility index (Phi) is 7.03. The number of amides is 1. The van der Waals surface area contributed by atoms with E-state index in [0.29, 0.717) is 24.6 Å². The number of nitrogens with one attached hydrogen (secondary N) is 2. The molecule has 148 valence electrons. The van der Waals surface area contributed by atoms with Crippen molar-refractivity contribution in [2.75, 3.05) is 31.6 Å². The van der Waals surface area contributed by atoms with E-state index in [1.54, 1.807) is 0 Å². The van der Waals surface area contributed by atoms with Crippen LogP contribution in [0.5, 0.6) is 11.5 Å². The molecule has 0 saturated carbocycles. The van der Waals surface area contributed by atoms with Crippen LogP contribution in [0.2, 0.25) is 0 Å². The minimum Gasteiger partial charge on any atom is -0.466 e. The topological polar surface area (TPSA) is 69.1 Å². The first-order valence-corrected chi connectivity index (χ1v) is 9.77. The monoisotopic (exact) mass is 383 g/mol. The Morgan fingerprint density at radius 2 is 1.71 bits per heavy atom. The van der Waals surface area contributed by atoms with Crippen LogP contribution in [0.3, 0.4) is 0 Å². The van der Waals surface area contributed by atoms with E-state index in [-0.39, 0.29) is 17.8 Å². The predicted octanol–water partition coefficient (Wildman–Crippen LogP) is 2.28. The van der Waals surface area contributed by atoms with E-state index in [2.05, 4.69) is 5.32 Å². The zero-order valence-corrected chi connectivity index (χ0v) is 16.1. The lowest BCUT2D eigenvalue weighted by Crippen LogP contribution is -3.14. The van der Waals surface area contributed by atoms with Gasteiger partial charge >= 0.3 is 5.97 Å². The summed E-state index contributed by atoms with van der Waals surface area (Å²) in [6, 6.07) is 16.9. The van der Waals surface area contributed by atoms with Crippen molar-refractivity contribution in [3.05, 3.63) is 54.6 Å². The number of likely N-dealkylation sites (tertiary alicyclic amines) is 1. The second-order valence-corrected chi connectivity index (χ2v) is 6.91. The Bertz CT molecular complexity index is 786. The highest BCUT2D eigenvalue weighted by Gasteiger charge is 2.29. The molecule has 2 N–H and O–H groups in total. The largest absolute Gasteiger partial charge is 0.466 e. The van der Waals surface area contributed by atoms with Crippen LogP contribution in [-0.2, 0) is 14.3 Å². The molecule has 0 aromatic heterocycles. The van der Waals surface area contributed by atoms with Gasteiger partial charge in [-0.05, 0) is 31.2 Å². The quantitative estimate of drug-likeness (QED) is 0.720. The van der Waals surface area contributed by atoms with Crippen LogP contribution in [0.25, 0.3) is 0 Å². The maximum atomic E-state index is 12.5. The number of para-hydroxylation sites is 3. The van der Waals surface area contributed by atoms with Crippen molar-refractivity contribution in [2.24, 2.45) is 5.92 Å². The van der Waals surface area contributed by atoms with Crippen LogP contribution in [0.15, 0.2) is 54.6 Å². The highest BCUT2D eigenvalue weighted by atomic mass is 16.5. The van der Waals surface area contributed by atoms with Crippen molar-refractivity contribution in [1.29, 1.82) is 0 Å². The summed E-state index contributed by atoms with van der Waals surface area (Å²) in [6.45, 7) is 4.19. The lowest BCUT2D eigenvalue weighted by Gasteiger charge is -2.27. The number of ether oxygens (including phenoxy) is 2. The van der Waals surface area contributed by atoms with Gasteiger partial charge in [-0.1, -0.05) is 30.3 Å². The van der Waals surface area contributed by atoms with E-state index in [1.807, 2.05) is 61.5 Å². The van der Waals surface area contributed by atoms with E-state index in [9.17, 15) is 9.59 Å². The molecule has 6 heteroatoms. The van der Waals surface area contributed by atoms with Crippen LogP contribution < -0.4 is 15.0 Å². The Morgan fingerprint density at radius 1 is 1.04 bits per heavy atom. The van der Waals surface area contributed by atoms with Gasteiger partial charge < -0.3 is 19.7 Å². The maximum absolute atomic E-state index is 12.5. The number of anilines is 1. The van der Waals surface area contributed by atoms with Gasteiger partial charge in [0.2, 0.25) is 0 Å². The fourth-order valence-electron chi connectivity index (χ4n) is 3.39. The minimum atomic E-state index is -0.113. The molecule has 2 aromatic rings. The summed E-state index contributed by atoms with van der Waals surface area (Å²) in [6.07, 6.45) is 1.52. The average Bonchev–Trinajstić information content (AvgIpc) is 2.71. The smallest absolute Gasteiger partial charge is 0.309 e. The molecule has 0 atom stereocenters. The standard InChI is InChI=1S/C22H26N2O4/c1-2-27-22(26)17-12-14-24(15-13-17)16-21(25)23-19-10-6-7-11-20(19)28-18-8-4-3-5-9-18/h3-11,17H,2,12-16H2,1H3,(H,23,25)/p+1. The fraction of sp³-hybridized carbons (Fsp3) is 0.364. The molecule has 3 rings (SSSR count). The number of carbonyl (C=O) groups is 2. The van der Waals surface area contributed by atoms with E-state index in [4.69, 9.17) is 9.47 Å². The third-order valence-corrected chi connectivity index (χ3v) is 4.86. The molecule has 1 aliphatic rings. The normalized spacial score (nSPS) is 18.9. The second-order valence-electron chi connectivity index (χ2n) is 6.91. The van der Waals surface area contributed by atoms with Crippen molar-refractivity contribution in [1.82, 2.24) is 0 Å². The molecular formula is C22H27N2O4+. The first-order chi connectivity index (χ1) is 13.7. The highest BCUT2D eigenvalue weighted by Crippen LogP contribution is 2.28. The molecule has 0 radical (unpaired) electrons. The van der Waals surface area contributed by atoms with Gasteiger partial charge in [-0.25, -0.2) is 0 Å². The molecule has 28 heavy (non-hydrogen) atoms. The molecule has 0 bridgehead atoms. The maximum Gasteiger partial charge on any atom is 0.309 e. The highest BCUT2D eigenvalue weighted by molar-refractivity contribution is 5.93. The number of hydrogen-bond acceptors (Lipinski definition) is 4. The van der Waals surface area contributed by atoms with Gasteiger partial charge in [-0.2, -0.15) is 0 Å². The summed E-state index contributed by atoms with van der Waals surface area (Å²) >= 11 is 0. The molecule has 1 heterocycles. The van der Waals surface area contributed by atoms with Crippen LogP contribution in [0, 0.1) is 5.92 Å². The molecule has 1 fully saturated rings. The zero-order valence-electron chi connectivity index (χ0n) is 16.1. The number of carbonyl (C=O) groups excluding carboxylic acids is 2. The van der Waals surface area contributed by atoms with Crippen molar-refractivity contribution < 1.29 is 24.0 Å². The van der Waals surface area contributed by atoms with Gasteiger partial charge in [0.05, 0.1) is 31.3 Å². The van der Waals surface area contributed by atoms with Crippen molar-refractivity contribution in [3.63, 3.8) is 0 Å². The average molecular weight is 383 g/mol. The molecular weight excluding hydrogens is 356 g/mol. The Balaban J connectivity index is 1.52. The molecule has 1 amide bonds. The van der Waals surface area contributed by atoms with Crippen LogP contribution >= 0.6 is 0 Å². The van der Waals surface area contributed by atoms with Crippen LogP contribution in [0.1, 0.15) is 19.8 Å². The number of benzene rings is 2. The number of esters is 1. The SMILES string of the molecule is CCOC(=O)C1CC[NH+](CC(=O)Nc2ccccc2Oc2ccccc2)CC1. The van der Waals surface area contributed by atoms with E-state index < -0.39 is 0 Å². The van der Waals surface area contributed by atoms with Crippen LogP contribution in [0.4, 0.5) is 5.69 Å². The lowest BCUT2D eigenvalue weighted by molar-refractivity contribution is -0.897. The molecule has 6 nitrogen and oxygen atoms in total. The summed E-state index contributed by atoms with van der Waals surface area (Å²) in [7, 11) is 0. The first-order valence-electron chi connectivity index (χ1n) is 9.77. The number of hydrogen-bond donors (Lipinski definition) is 2. The zero-order chi connectivity index (χ0) is 19.8. The van der Waals surface area contributed by atoms with Crippen LogP contribution in [-0.4, -0.2) is 38.1 Å².